The lowest BCUT2D eigenvalue weighted by Crippen LogP contribution is -2.40. The predicted molar refractivity (Wildman–Crippen MR) is 52.4 cm³/mol. The molecule has 1 saturated heterocycles. The molecular formula is C11H14O4. The average molecular weight is 210 g/mol. The maximum Gasteiger partial charge on any atom is 0.165 e. The molecule has 0 amide bonds. The molecule has 0 saturated carbocycles. The van der Waals surface area contributed by atoms with Gasteiger partial charge in [0.2, 0.25) is 0 Å². The number of fused-ring (bicyclic) bond motifs is 1. The highest BCUT2D eigenvalue weighted by Crippen LogP contribution is 2.39. The number of hydrogen-bond donors (Lipinski definition) is 0. The Hall–Kier alpha value is -1.00. The molecule has 2 rings (SSSR count). The Kier molecular flexibility index (Phi) is 2.71. The molecule has 0 N–H and O–H groups in total. The van der Waals surface area contributed by atoms with E-state index in [2.05, 4.69) is 0 Å². The van der Waals surface area contributed by atoms with Crippen molar-refractivity contribution in [2.75, 3.05) is 20.3 Å². The second kappa shape index (κ2) is 3.87. The fourth-order valence-corrected chi connectivity index (χ4v) is 2.22. The predicted octanol–water partition coefficient (Wildman–Crippen LogP) is 0.506. The van der Waals surface area contributed by atoms with E-state index in [0.717, 1.165) is 0 Å². The molecule has 15 heavy (non-hydrogen) atoms. The summed E-state index contributed by atoms with van der Waals surface area (Å²) in [4.78, 5) is 22.8. The van der Waals surface area contributed by atoms with E-state index in [1.807, 2.05) is 0 Å². The van der Waals surface area contributed by atoms with Gasteiger partial charge in [-0.3, -0.25) is 9.59 Å². The second-order valence-electron chi connectivity index (χ2n) is 4.01. The van der Waals surface area contributed by atoms with Crippen LogP contribution in [0.25, 0.3) is 0 Å². The second-order valence-corrected chi connectivity index (χ2v) is 4.01. The normalized spacial score (nSPS) is 34.6. The van der Waals surface area contributed by atoms with Crippen molar-refractivity contribution < 1.29 is 19.1 Å². The molecule has 0 aromatic heterocycles. The molecule has 0 radical (unpaired) electrons. The van der Waals surface area contributed by atoms with Crippen LogP contribution in [0, 0.1) is 5.92 Å². The van der Waals surface area contributed by atoms with Gasteiger partial charge < -0.3 is 9.47 Å². The summed E-state index contributed by atoms with van der Waals surface area (Å²) < 4.78 is 10.5. The van der Waals surface area contributed by atoms with Gasteiger partial charge in [-0.15, -0.1) is 0 Å². The molecule has 1 fully saturated rings. The van der Waals surface area contributed by atoms with Crippen LogP contribution in [0.3, 0.4) is 0 Å². The lowest BCUT2D eigenvalue weighted by atomic mass is 9.77. The summed E-state index contributed by atoms with van der Waals surface area (Å²) >= 11 is 0. The van der Waals surface area contributed by atoms with Crippen molar-refractivity contribution in [2.45, 2.75) is 18.4 Å². The summed E-state index contributed by atoms with van der Waals surface area (Å²) in [5, 5.41) is 0. The number of carbonyl (C=O) groups excluding carboxylic acids is 2. The van der Waals surface area contributed by atoms with E-state index in [4.69, 9.17) is 9.47 Å². The van der Waals surface area contributed by atoms with Crippen molar-refractivity contribution in [3.05, 3.63) is 12.2 Å². The molecule has 1 heterocycles. The van der Waals surface area contributed by atoms with Gasteiger partial charge in [0, 0.05) is 26.6 Å². The zero-order valence-electron chi connectivity index (χ0n) is 8.69. The number of ether oxygens (including phenoxy) is 2. The van der Waals surface area contributed by atoms with Crippen LogP contribution in [-0.4, -0.2) is 37.5 Å². The van der Waals surface area contributed by atoms with E-state index in [-0.39, 0.29) is 30.5 Å². The van der Waals surface area contributed by atoms with Gasteiger partial charge >= 0.3 is 0 Å². The third-order valence-electron chi connectivity index (χ3n) is 3.12. The van der Waals surface area contributed by atoms with E-state index in [1.165, 1.54) is 6.08 Å². The van der Waals surface area contributed by atoms with Crippen LogP contribution in [0.5, 0.6) is 0 Å². The molecule has 0 unspecified atom stereocenters. The first-order chi connectivity index (χ1) is 7.18. The first kappa shape index (κ1) is 10.5. The molecule has 4 nitrogen and oxygen atoms in total. The van der Waals surface area contributed by atoms with Gasteiger partial charge in [0.1, 0.15) is 6.61 Å². The summed E-state index contributed by atoms with van der Waals surface area (Å²) in [6.45, 7) is 0.647. The third kappa shape index (κ3) is 1.75. The van der Waals surface area contributed by atoms with Crippen LogP contribution in [-0.2, 0) is 19.1 Å². The van der Waals surface area contributed by atoms with Crippen LogP contribution >= 0.6 is 0 Å². The van der Waals surface area contributed by atoms with E-state index in [0.29, 0.717) is 13.0 Å². The Morgan fingerprint density at radius 3 is 3.13 bits per heavy atom. The standard InChI is InChI=1S/C11H14O4/c1-14-5-4-11-3-2-8(12)6-9(11)10(13)7-15-11/h2-3,9H,4-7H2,1H3/t9-,11+/m1/s1. The summed E-state index contributed by atoms with van der Waals surface area (Å²) in [5.41, 5.74) is -0.582. The molecule has 1 aliphatic heterocycles. The monoisotopic (exact) mass is 210 g/mol. The highest BCUT2D eigenvalue weighted by Gasteiger charge is 2.49. The molecule has 2 atom stereocenters. The quantitative estimate of drug-likeness (QED) is 0.681. The third-order valence-corrected chi connectivity index (χ3v) is 3.12. The number of ketones is 2. The van der Waals surface area contributed by atoms with Crippen LogP contribution < -0.4 is 0 Å². The molecule has 82 valence electrons. The maximum atomic E-state index is 11.6. The van der Waals surface area contributed by atoms with Gasteiger partial charge in [-0.2, -0.15) is 0 Å². The SMILES string of the molecule is COCC[C@@]12C=CC(=O)C[C@@H]1C(=O)CO2. The van der Waals surface area contributed by atoms with E-state index in [9.17, 15) is 9.59 Å². The molecule has 0 bridgehead atoms. The first-order valence-electron chi connectivity index (χ1n) is 5.05. The van der Waals surface area contributed by atoms with Crippen molar-refractivity contribution >= 4 is 11.6 Å². The van der Waals surface area contributed by atoms with Crippen molar-refractivity contribution in [2.24, 2.45) is 5.92 Å². The van der Waals surface area contributed by atoms with E-state index < -0.39 is 5.60 Å². The van der Waals surface area contributed by atoms with Gasteiger partial charge in [0.25, 0.3) is 0 Å². The zero-order chi connectivity index (χ0) is 10.9. The van der Waals surface area contributed by atoms with Crippen molar-refractivity contribution in [3.8, 4) is 0 Å². The Balaban J connectivity index is 2.22. The van der Waals surface area contributed by atoms with E-state index >= 15 is 0 Å². The summed E-state index contributed by atoms with van der Waals surface area (Å²) in [5.74, 6) is -0.263. The fourth-order valence-electron chi connectivity index (χ4n) is 2.22. The highest BCUT2D eigenvalue weighted by atomic mass is 16.5. The Morgan fingerprint density at radius 2 is 2.40 bits per heavy atom. The fraction of sp³-hybridized carbons (Fsp3) is 0.636. The summed E-state index contributed by atoms with van der Waals surface area (Å²) in [6, 6.07) is 0. The Labute approximate surface area is 88.2 Å². The van der Waals surface area contributed by atoms with Gasteiger partial charge in [-0.25, -0.2) is 0 Å². The smallest absolute Gasteiger partial charge is 0.165 e. The van der Waals surface area contributed by atoms with Gasteiger partial charge in [0.05, 0.1) is 11.5 Å². The molecule has 4 heteroatoms. The molecular weight excluding hydrogens is 196 g/mol. The topological polar surface area (TPSA) is 52.6 Å². The van der Waals surface area contributed by atoms with Crippen LogP contribution in [0.15, 0.2) is 12.2 Å². The number of Topliss-reactive ketones (excluding diaryl/α,β-unsaturated/α-hetero) is 1. The minimum Gasteiger partial charge on any atom is -0.385 e. The average Bonchev–Trinajstić information content (AvgIpc) is 2.55. The van der Waals surface area contributed by atoms with Crippen molar-refractivity contribution in [3.63, 3.8) is 0 Å². The lowest BCUT2D eigenvalue weighted by Gasteiger charge is -2.32. The lowest BCUT2D eigenvalue weighted by molar-refractivity contribution is -0.125. The van der Waals surface area contributed by atoms with Gasteiger partial charge in [-0.05, 0) is 12.2 Å². The van der Waals surface area contributed by atoms with Gasteiger partial charge in [-0.1, -0.05) is 0 Å². The molecule has 0 aromatic rings. The number of carbonyl (C=O) groups is 2. The van der Waals surface area contributed by atoms with Gasteiger partial charge in [0.15, 0.2) is 11.6 Å². The number of rotatable bonds is 3. The maximum absolute atomic E-state index is 11.6. The highest BCUT2D eigenvalue weighted by molar-refractivity contribution is 5.98. The van der Waals surface area contributed by atoms with Crippen LogP contribution in [0.4, 0.5) is 0 Å². The van der Waals surface area contributed by atoms with Crippen LogP contribution in [0.2, 0.25) is 0 Å². The Bertz CT molecular complexity index is 321. The summed E-state index contributed by atoms with van der Waals surface area (Å²) in [7, 11) is 1.61. The first-order valence-corrected chi connectivity index (χ1v) is 5.05. The van der Waals surface area contributed by atoms with E-state index in [1.54, 1.807) is 13.2 Å². The number of methoxy groups -OCH3 is 1. The van der Waals surface area contributed by atoms with Crippen LogP contribution in [0.1, 0.15) is 12.8 Å². The molecule has 1 aliphatic carbocycles. The number of hydrogen-bond acceptors (Lipinski definition) is 4. The number of allylic oxidation sites excluding steroid dienone is 1. The molecule has 0 aromatic carbocycles. The molecule has 0 spiro atoms. The minimum atomic E-state index is -0.582. The molecule has 2 aliphatic rings. The van der Waals surface area contributed by atoms with Crippen molar-refractivity contribution in [1.29, 1.82) is 0 Å². The minimum absolute atomic E-state index is 0.00638. The largest absolute Gasteiger partial charge is 0.385 e. The summed E-state index contributed by atoms with van der Waals surface area (Å²) in [6.07, 6.45) is 4.15. The van der Waals surface area contributed by atoms with Crippen molar-refractivity contribution in [1.82, 2.24) is 0 Å². The Morgan fingerprint density at radius 1 is 1.60 bits per heavy atom. The zero-order valence-corrected chi connectivity index (χ0v) is 8.69.